The van der Waals surface area contributed by atoms with Gasteiger partial charge in [-0.15, -0.1) is 11.8 Å². The second kappa shape index (κ2) is 4.82. The van der Waals surface area contributed by atoms with Crippen LogP contribution in [0.5, 0.6) is 0 Å². The van der Waals surface area contributed by atoms with Gasteiger partial charge in [-0.2, -0.15) is 0 Å². The van der Waals surface area contributed by atoms with Crippen molar-refractivity contribution in [3.05, 3.63) is 28.7 Å². The molecule has 66 valence electrons. The summed E-state index contributed by atoms with van der Waals surface area (Å²) in [6, 6.07) is 7.35. The van der Waals surface area contributed by atoms with Crippen LogP contribution in [0.3, 0.4) is 0 Å². The van der Waals surface area contributed by atoms with Crippen LogP contribution in [0.4, 0.5) is 8.78 Å². The highest BCUT2D eigenvalue weighted by Crippen LogP contribution is 2.27. The van der Waals surface area contributed by atoms with E-state index in [4.69, 9.17) is 0 Å². The first-order valence-corrected chi connectivity index (χ1v) is 5.13. The molecule has 0 bridgehead atoms. The van der Waals surface area contributed by atoms with Crippen LogP contribution in [0.25, 0.3) is 0 Å². The number of thioether (sulfide) groups is 1. The van der Waals surface area contributed by atoms with Gasteiger partial charge in [0.2, 0.25) is 6.43 Å². The van der Waals surface area contributed by atoms with Gasteiger partial charge in [0.05, 0.1) is 5.75 Å². The Labute approximate surface area is 82.5 Å². The average molecular weight is 253 g/mol. The monoisotopic (exact) mass is 252 g/mol. The number of hydrogen-bond donors (Lipinski definition) is 0. The Hall–Kier alpha value is -0.0900. The van der Waals surface area contributed by atoms with E-state index in [1.54, 1.807) is 0 Å². The zero-order valence-corrected chi connectivity index (χ0v) is 8.54. The zero-order valence-electron chi connectivity index (χ0n) is 6.14. The van der Waals surface area contributed by atoms with Crippen LogP contribution in [-0.2, 0) is 0 Å². The first-order valence-electron chi connectivity index (χ1n) is 3.35. The van der Waals surface area contributed by atoms with Crippen LogP contribution < -0.4 is 0 Å². The van der Waals surface area contributed by atoms with E-state index in [0.717, 1.165) is 21.1 Å². The molecule has 0 spiro atoms. The fourth-order valence-electron chi connectivity index (χ4n) is 0.715. The van der Waals surface area contributed by atoms with E-state index in [2.05, 4.69) is 15.9 Å². The lowest BCUT2D eigenvalue weighted by Crippen LogP contribution is -1.93. The van der Waals surface area contributed by atoms with Crippen molar-refractivity contribution in [3.63, 3.8) is 0 Å². The smallest absolute Gasteiger partial charge is 0.210 e. The van der Waals surface area contributed by atoms with E-state index in [9.17, 15) is 8.78 Å². The molecule has 0 aliphatic heterocycles. The van der Waals surface area contributed by atoms with Gasteiger partial charge in [-0.1, -0.05) is 12.1 Å². The molecular formula is C8H7BrF2S. The largest absolute Gasteiger partial charge is 0.247 e. The van der Waals surface area contributed by atoms with Crippen molar-refractivity contribution < 1.29 is 8.78 Å². The number of halogens is 3. The predicted molar refractivity (Wildman–Crippen MR) is 50.9 cm³/mol. The summed E-state index contributed by atoms with van der Waals surface area (Å²) in [5.41, 5.74) is 0. The standard InChI is InChI=1S/C8H7BrF2S/c9-6-3-1-2-4-7(6)12-5-8(10)11/h1-4,8H,5H2. The van der Waals surface area contributed by atoms with Crippen LogP contribution in [-0.4, -0.2) is 12.2 Å². The Morgan fingerprint density at radius 2 is 2.00 bits per heavy atom. The molecule has 0 aliphatic rings. The molecule has 4 heteroatoms. The summed E-state index contributed by atoms with van der Waals surface area (Å²) in [4.78, 5) is 0.859. The minimum absolute atomic E-state index is 0.150. The third-order valence-electron chi connectivity index (χ3n) is 1.20. The Bertz CT molecular complexity index is 253. The first kappa shape index (κ1) is 9.99. The number of alkyl halides is 2. The molecule has 0 saturated carbocycles. The van der Waals surface area contributed by atoms with Crippen LogP contribution >= 0.6 is 27.7 Å². The van der Waals surface area contributed by atoms with E-state index in [-0.39, 0.29) is 5.75 Å². The highest BCUT2D eigenvalue weighted by molar-refractivity contribution is 9.10. The molecule has 1 aromatic rings. The normalized spacial score (nSPS) is 10.7. The molecule has 0 atom stereocenters. The van der Waals surface area contributed by atoms with Crippen molar-refractivity contribution in [2.75, 3.05) is 5.75 Å². The summed E-state index contributed by atoms with van der Waals surface area (Å²) < 4.78 is 24.5. The summed E-state index contributed by atoms with van der Waals surface area (Å²) in [6.07, 6.45) is -2.25. The minimum Gasteiger partial charge on any atom is -0.210 e. The number of benzene rings is 1. The highest BCUT2D eigenvalue weighted by Gasteiger charge is 2.05. The van der Waals surface area contributed by atoms with E-state index in [0.29, 0.717) is 0 Å². The second-order valence-corrected chi connectivity index (χ2v) is 4.05. The fourth-order valence-corrected chi connectivity index (χ4v) is 2.03. The maximum absolute atomic E-state index is 11.8. The Kier molecular flexibility index (Phi) is 4.01. The second-order valence-electron chi connectivity index (χ2n) is 2.13. The minimum atomic E-state index is -2.25. The van der Waals surface area contributed by atoms with Crippen molar-refractivity contribution >= 4 is 27.7 Å². The lowest BCUT2D eigenvalue weighted by atomic mass is 10.4. The molecule has 0 nitrogen and oxygen atoms in total. The molecule has 1 aromatic carbocycles. The maximum Gasteiger partial charge on any atom is 0.247 e. The predicted octanol–water partition coefficient (Wildman–Crippen LogP) is 3.81. The fraction of sp³-hybridized carbons (Fsp3) is 0.250. The van der Waals surface area contributed by atoms with Crippen molar-refractivity contribution in [1.82, 2.24) is 0 Å². The summed E-state index contributed by atoms with van der Waals surface area (Å²) in [5, 5.41) is 0. The molecule has 0 unspecified atom stereocenters. The molecule has 0 heterocycles. The van der Waals surface area contributed by atoms with E-state index >= 15 is 0 Å². The van der Waals surface area contributed by atoms with E-state index in [1.165, 1.54) is 0 Å². The maximum atomic E-state index is 11.8. The van der Waals surface area contributed by atoms with Gasteiger partial charge in [0, 0.05) is 9.37 Å². The van der Waals surface area contributed by atoms with Crippen molar-refractivity contribution in [2.24, 2.45) is 0 Å². The molecule has 1 rings (SSSR count). The lowest BCUT2D eigenvalue weighted by Gasteiger charge is -2.02. The van der Waals surface area contributed by atoms with Gasteiger partial charge in [0.25, 0.3) is 0 Å². The van der Waals surface area contributed by atoms with E-state index in [1.807, 2.05) is 24.3 Å². The van der Waals surface area contributed by atoms with Crippen molar-refractivity contribution in [3.8, 4) is 0 Å². The molecule has 0 aliphatic carbocycles. The molecule has 0 radical (unpaired) electrons. The molecule has 0 N–H and O–H groups in total. The van der Waals surface area contributed by atoms with Crippen LogP contribution in [0, 0.1) is 0 Å². The van der Waals surface area contributed by atoms with E-state index < -0.39 is 6.43 Å². The summed E-state index contributed by atoms with van der Waals surface area (Å²) >= 11 is 4.44. The molecular weight excluding hydrogens is 246 g/mol. The van der Waals surface area contributed by atoms with Crippen molar-refractivity contribution in [1.29, 1.82) is 0 Å². The van der Waals surface area contributed by atoms with Gasteiger partial charge >= 0.3 is 0 Å². The van der Waals surface area contributed by atoms with Gasteiger partial charge in [-0.05, 0) is 28.1 Å². The molecule has 0 saturated heterocycles. The van der Waals surface area contributed by atoms with Gasteiger partial charge in [-0.3, -0.25) is 0 Å². The molecule has 0 fully saturated rings. The van der Waals surface area contributed by atoms with Crippen molar-refractivity contribution in [2.45, 2.75) is 11.3 Å². The Morgan fingerprint density at radius 3 is 2.58 bits per heavy atom. The van der Waals surface area contributed by atoms with Gasteiger partial charge in [0.15, 0.2) is 0 Å². The zero-order chi connectivity index (χ0) is 8.97. The number of rotatable bonds is 3. The van der Waals surface area contributed by atoms with Gasteiger partial charge in [-0.25, -0.2) is 8.78 Å². The SMILES string of the molecule is FC(F)CSc1ccccc1Br. The first-order chi connectivity index (χ1) is 5.70. The lowest BCUT2D eigenvalue weighted by molar-refractivity contribution is 0.177. The quantitative estimate of drug-likeness (QED) is 0.738. The number of hydrogen-bond acceptors (Lipinski definition) is 1. The molecule has 0 aromatic heterocycles. The molecule has 0 amide bonds. The third kappa shape index (κ3) is 3.11. The van der Waals surface area contributed by atoms with Crippen LogP contribution in [0.1, 0.15) is 0 Å². The summed E-state index contributed by atoms with van der Waals surface area (Å²) in [7, 11) is 0. The highest BCUT2D eigenvalue weighted by atomic mass is 79.9. The van der Waals surface area contributed by atoms with Crippen LogP contribution in [0.15, 0.2) is 33.6 Å². The average Bonchev–Trinajstić information content (AvgIpc) is 2.03. The van der Waals surface area contributed by atoms with Gasteiger partial charge in [0.1, 0.15) is 0 Å². The molecule has 12 heavy (non-hydrogen) atoms. The topological polar surface area (TPSA) is 0 Å². The summed E-state index contributed by atoms with van der Waals surface area (Å²) in [5.74, 6) is -0.150. The summed E-state index contributed by atoms with van der Waals surface area (Å²) in [6.45, 7) is 0. The third-order valence-corrected chi connectivity index (χ3v) is 3.24. The Morgan fingerprint density at radius 1 is 1.33 bits per heavy atom. The van der Waals surface area contributed by atoms with Crippen LogP contribution in [0.2, 0.25) is 0 Å². The van der Waals surface area contributed by atoms with Gasteiger partial charge < -0.3 is 0 Å². The Balaban J connectivity index is 2.57.